The first-order chi connectivity index (χ1) is 5.75. The van der Waals surface area contributed by atoms with E-state index >= 15 is 0 Å². The highest BCUT2D eigenvalue weighted by molar-refractivity contribution is 5.75. The maximum absolute atomic E-state index is 10.6. The Hall–Kier alpha value is -0.610. The van der Waals surface area contributed by atoms with E-state index in [1.165, 1.54) is 6.42 Å². The normalized spacial score (nSPS) is 35.3. The predicted molar refractivity (Wildman–Crippen MR) is 45.5 cm³/mol. The van der Waals surface area contributed by atoms with Crippen molar-refractivity contribution in [3.05, 3.63) is 0 Å². The molecule has 0 aromatic carbocycles. The minimum atomic E-state index is -0.213. The van der Waals surface area contributed by atoms with E-state index in [9.17, 15) is 4.79 Å². The van der Waals surface area contributed by atoms with E-state index in [1.807, 2.05) is 0 Å². The highest BCUT2D eigenvalue weighted by Crippen LogP contribution is 2.23. The van der Waals surface area contributed by atoms with Crippen LogP contribution in [0.4, 0.5) is 0 Å². The van der Waals surface area contributed by atoms with Gasteiger partial charge in [-0.05, 0) is 18.9 Å². The van der Waals surface area contributed by atoms with Gasteiger partial charge in [0.25, 0.3) is 0 Å². The summed E-state index contributed by atoms with van der Waals surface area (Å²) in [6.45, 7) is 3.60. The van der Waals surface area contributed by atoms with Gasteiger partial charge in [0.05, 0.1) is 6.54 Å². The molecule has 0 unspecified atom stereocenters. The van der Waals surface area contributed by atoms with Crippen molar-refractivity contribution >= 4 is 5.91 Å². The number of likely N-dealkylation sites (tertiary alicyclic amines) is 1. The molecule has 0 saturated carbocycles. The first-order valence-corrected chi connectivity index (χ1v) is 4.50. The average Bonchev–Trinajstić information content (AvgIpc) is 2.43. The number of nitrogens with zero attached hydrogens (tertiary/aromatic N) is 1. The largest absolute Gasteiger partial charge is 0.369 e. The molecule has 0 bridgehead atoms. The Kier molecular flexibility index (Phi) is 2.02. The molecule has 1 amide bonds. The second-order valence-electron chi connectivity index (χ2n) is 3.77. The van der Waals surface area contributed by atoms with Crippen LogP contribution in [0.1, 0.15) is 6.42 Å². The summed E-state index contributed by atoms with van der Waals surface area (Å²) in [5.74, 6) is 0.541. The fourth-order valence-corrected chi connectivity index (χ4v) is 2.29. The SMILES string of the molecule is NC(=O)CN1C[C@@H]2CCN[C@@H]2C1. The molecule has 0 aromatic rings. The second kappa shape index (κ2) is 3.03. The molecule has 2 heterocycles. The third kappa shape index (κ3) is 1.44. The molecule has 68 valence electrons. The molecule has 0 radical (unpaired) electrons. The van der Waals surface area contributed by atoms with Gasteiger partial charge < -0.3 is 11.1 Å². The molecule has 0 spiro atoms. The molecule has 2 aliphatic heterocycles. The van der Waals surface area contributed by atoms with Gasteiger partial charge in [-0.3, -0.25) is 9.69 Å². The van der Waals surface area contributed by atoms with Crippen molar-refractivity contribution in [2.45, 2.75) is 12.5 Å². The van der Waals surface area contributed by atoms with Crippen molar-refractivity contribution in [2.24, 2.45) is 11.7 Å². The van der Waals surface area contributed by atoms with Crippen molar-refractivity contribution in [1.82, 2.24) is 10.2 Å². The summed E-state index contributed by atoms with van der Waals surface area (Å²) >= 11 is 0. The number of rotatable bonds is 2. The Morgan fingerprint density at radius 2 is 2.42 bits per heavy atom. The lowest BCUT2D eigenvalue weighted by Crippen LogP contribution is -2.35. The molecule has 2 rings (SSSR count). The third-order valence-electron chi connectivity index (χ3n) is 2.82. The van der Waals surface area contributed by atoms with E-state index in [0.29, 0.717) is 12.6 Å². The Balaban J connectivity index is 1.86. The van der Waals surface area contributed by atoms with Gasteiger partial charge in [0, 0.05) is 19.1 Å². The van der Waals surface area contributed by atoms with Gasteiger partial charge in [0.2, 0.25) is 5.91 Å². The zero-order valence-corrected chi connectivity index (χ0v) is 7.12. The molecule has 2 fully saturated rings. The lowest BCUT2D eigenvalue weighted by molar-refractivity contribution is -0.118. The number of fused-ring (bicyclic) bond motifs is 1. The van der Waals surface area contributed by atoms with Gasteiger partial charge >= 0.3 is 0 Å². The molecule has 2 atom stereocenters. The van der Waals surface area contributed by atoms with Gasteiger partial charge in [-0.2, -0.15) is 0 Å². The van der Waals surface area contributed by atoms with Crippen molar-refractivity contribution in [3.63, 3.8) is 0 Å². The van der Waals surface area contributed by atoms with E-state index in [4.69, 9.17) is 5.73 Å². The van der Waals surface area contributed by atoms with Gasteiger partial charge in [-0.1, -0.05) is 0 Å². The van der Waals surface area contributed by atoms with Gasteiger partial charge in [0.15, 0.2) is 0 Å². The summed E-state index contributed by atoms with van der Waals surface area (Å²) in [5.41, 5.74) is 5.12. The highest BCUT2D eigenvalue weighted by Gasteiger charge is 2.35. The Morgan fingerprint density at radius 1 is 1.58 bits per heavy atom. The molecule has 2 aliphatic rings. The van der Waals surface area contributed by atoms with Crippen LogP contribution in [-0.4, -0.2) is 43.0 Å². The topological polar surface area (TPSA) is 58.4 Å². The molecular formula is C8H15N3O. The van der Waals surface area contributed by atoms with E-state index < -0.39 is 0 Å². The Bertz CT molecular complexity index is 183. The number of carbonyl (C=O) groups is 1. The first kappa shape index (κ1) is 8.01. The summed E-state index contributed by atoms with van der Waals surface area (Å²) in [7, 11) is 0. The van der Waals surface area contributed by atoms with Gasteiger partial charge in [-0.25, -0.2) is 0 Å². The van der Waals surface area contributed by atoms with Gasteiger partial charge in [-0.15, -0.1) is 0 Å². The molecule has 4 nitrogen and oxygen atoms in total. The summed E-state index contributed by atoms with van der Waals surface area (Å²) in [6.07, 6.45) is 1.25. The van der Waals surface area contributed by atoms with E-state index in [-0.39, 0.29) is 5.91 Å². The van der Waals surface area contributed by atoms with E-state index in [2.05, 4.69) is 10.2 Å². The summed E-state index contributed by atoms with van der Waals surface area (Å²) in [4.78, 5) is 12.8. The van der Waals surface area contributed by atoms with Crippen LogP contribution in [-0.2, 0) is 4.79 Å². The fraction of sp³-hybridized carbons (Fsp3) is 0.875. The average molecular weight is 169 g/mol. The van der Waals surface area contributed by atoms with Crippen molar-refractivity contribution in [3.8, 4) is 0 Å². The van der Waals surface area contributed by atoms with E-state index in [0.717, 1.165) is 25.6 Å². The van der Waals surface area contributed by atoms with Crippen molar-refractivity contribution in [1.29, 1.82) is 0 Å². The van der Waals surface area contributed by atoms with Crippen LogP contribution in [0, 0.1) is 5.92 Å². The molecule has 12 heavy (non-hydrogen) atoms. The summed E-state index contributed by atoms with van der Waals surface area (Å²) < 4.78 is 0. The fourth-order valence-electron chi connectivity index (χ4n) is 2.29. The number of hydrogen-bond donors (Lipinski definition) is 2. The summed E-state index contributed by atoms with van der Waals surface area (Å²) in [6, 6.07) is 0.615. The third-order valence-corrected chi connectivity index (χ3v) is 2.82. The lowest BCUT2D eigenvalue weighted by Gasteiger charge is -2.13. The quantitative estimate of drug-likeness (QED) is 0.544. The first-order valence-electron chi connectivity index (χ1n) is 4.50. The minimum Gasteiger partial charge on any atom is -0.369 e. The van der Waals surface area contributed by atoms with E-state index in [1.54, 1.807) is 0 Å². The zero-order chi connectivity index (χ0) is 8.55. The van der Waals surface area contributed by atoms with Crippen LogP contribution in [0.2, 0.25) is 0 Å². The summed E-state index contributed by atoms with van der Waals surface area (Å²) in [5, 5.41) is 3.43. The standard InChI is InChI=1S/C8H15N3O/c9-8(12)5-11-3-6-1-2-10-7(6)4-11/h6-7,10H,1-5H2,(H2,9,12)/t6-,7+/m0/s1. The number of nitrogens with one attached hydrogen (secondary N) is 1. The van der Waals surface area contributed by atoms with Crippen LogP contribution in [0.15, 0.2) is 0 Å². The molecule has 0 aliphatic carbocycles. The molecule has 3 N–H and O–H groups in total. The smallest absolute Gasteiger partial charge is 0.231 e. The number of amides is 1. The molecule has 2 saturated heterocycles. The van der Waals surface area contributed by atoms with Crippen molar-refractivity contribution in [2.75, 3.05) is 26.2 Å². The zero-order valence-electron chi connectivity index (χ0n) is 7.12. The highest BCUT2D eigenvalue weighted by atomic mass is 16.1. The van der Waals surface area contributed by atoms with Crippen LogP contribution < -0.4 is 11.1 Å². The van der Waals surface area contributed by atoms with Crippen molar-refractivity contribution < 1.29 is 4.79 Å². The Labute approximate surface area is 72.1 Å². The van der Waals surface area contributed by atoms with Crippen LogP contribution in [0.25, 0.3) is 0 Å². The lowest BCUT2D eigenvalue weighted by atomic mass is 10.1. The number of primary amides is 1. The predicted octanol–water partition coefficient (Wildman–Crippen LogP) is -1.23. The van der Waals surface area contributed by atoms with Crippen LogP contribution >= 0.6 is 0 Å². The number of hydrogen-bond acceptors (Lipinski definition) is 3. The van der Waals surface area contributed by atoms with Crippen LogP contribution in [0.5, 0.6) is 0 Å². The maximum Gasteiger partial charge on any atom is 0.231 e. The molecule has 0 aromatic heterocycles. The second-order valence-corrected chi connectivity index (χ2v) is 3.77. The minimum absolute atomic E-state index is 0.213. The maximum atomic E-state index is 10.6. The Morgan fingerprint density at radius 3 is 3.08 bits per heavy atom. The number of nitrogens with two attached hydrogens (primary N) is 1. The van der Waals surface area contributed by atoms with Crippen LogP contribution in [0.3, 0.4) is 0 Å². The number of carbonyl (C=O) groups excluding carboxylic acids is 1. The molecule has 4 heteroatoms. The van der Waals surface area contributed by atoms with Gasteiger partial charge in [0.1, 0.15) is 0 Å². The monoisotopic (exact) mass is 169 g/mol. The molecular weight excluding hydrogens is 154 g/mol.